The van der Waals surface area contributed by atoms with Gasteiger partial charge in [-0.2, -0.15) is 0 Å². The zero-order chi connectivity index (χ0) is 18.8. The van der Waals surface area contributed by atoms with Gasteiger partial charge in [-0.05, 0) is 48.6 Å². The van der Waals surface area contributed by atoms with Crippen molar-refractivity contribution in [2.45, 2.75) is 63.7 Å². The number of benzene rings is 1. The molecule has 2 fully saturated rings. The van der Waals surface area contributed by atoms with E-state index in [1.807, 2.05) is 23.1 Å². The van der Waals surface area contributed by atoms with E-state index in [1.165, 1.54) is 24.0 Å². The van der Waals surface area contributed by atoms with E-state index >= 15 is 0 Å². The summed E-state index contributed by atoms with van der Waals surface area (Å²) in [6, 6.07) is 7.65. The second-order valence-corrected chi connectivity index (χ2v) is 8.26. The van der Waals surface area contributed by atoms with Gasteiger partial charge in [0.05, 0.1) is 12.1 Å². The quantitative estimate of drug-likeness (QED) is 0.759. The standard InChI is InChI=1S/C22H29N3O2/c23-21(16-5-1-2-6-16)22(27)24-19(15-9-10-15)11-12-20(26)25-13-17-7-3-4-8-18(17)14-25/h3-4,7-8,11-12,15-16,19,21H,1-2,5-6,9-10,13-14,23H2,(H,24,27)/t19-,21+/m1/s1. The molecule has 0 unspecified atom stereocenters. The summed E-state index contributed by atoms with van der Waals surface area (Å²) < 4.78 is 0. The van der Waals surface area contributed by atoms with Crippen LogP contribution in [0.2, 0.25) is 0 Å². The van der Waals surface area contributed by atoms with Crippen molar-refractivity contribution in [1.82, 2.24) is 10.2 Å². The minimum absolute atomic E-state index is 0.00573. The highest BCUT2D eigenvalue weighted by atomic mass is 16.2. The van der Waals surface area contributed by atoms with Crippen molar-refractivity contribution in [3.63, 3.8) is 0 Å². The molecule has 2 saturated carbocycles. The molecule has 0 spiro atoms. The molecular weight excluding hydrogens is 338 g/mol. The Morgan fingerprint density at radius 2 is 1.67 bits per heavy atom. The fourth-order valence-electron chi connectivity index (χ4n) is 4.35. The fourth-order valence-corrected chi connectivity index (χ4v) is 4.35. The fraction of sp³-hybridized carbons (Fsp3) is 0.545. The first-order valence-corrected chi connectivity index (χ1v) is 10.2. The number of amides is 2. The summed E-state index contributed by atoms with van der Waals surface area (Å²) in [5, 5.41) is 3.10. The SMILES string of the molecule is N[C@H](C(=O)N[C@H](C=CC(=O)N1Cc2ccccc2C1)C1CC1)C1CCCC1. The first kappa shape index (κ1) is 18.2. The summed E-state index contributed by atoms with van der Waals surface area (Å²) >= 11 is 0. The van der Waals surface area contributed by atoms with Crippen molar-refractivity contribution >= 4 is 11.8 Å². The minimum Gasteiger partial charge on any atom is -0.348 e. The molecule has 4 rings (SSSR count). The second-order valence-electron chi connectivity index (χ2n) is 8.26. The molecule has 1 aromatic rings. The lowest BCUT2D eigenvalue weighted by atomic mass is 9.97. The maximum atomic E-state index is 12.6. The maximum absolute atomic E-state index is 12.6. The Hall–Kier alpha value is -2.14. The van der Waals surface area contributed by atoms with Crippen LogP contribution < -0.4 is 11.1 Å². The van der Waals surface area contributed by atoms with Crippen LogP contribution in [0.4, 0.5) is 0 Å². The van der Waals surface area contributed by atoms with Gasteiger partial charge in [-0.15, -0.1) is 0 Å². The van der Waals surface area contributed by atoms with Crippen LogP contribution in [0.15, 0.2) is 36.4 Å². The lowest BCUT2D eigenvalue weighted by Crippen LogP contribution is -2.48. The van der Waals surface area contributed by atoms with Crippen LogP contribution in [-0.4, -0.2) is 28.8 Å². The summed E-state index contributed by atoms with van der Waals surface area (Å²) in [6.07, 6.45) is 10.1. The Kier molecular flexibility index (Phi) is 5.30. The van der Waals surface area contributed by atoms with Gasteiger partial charge < -0.3 is 16.0 Å². The van der Waals surface area contributed by atoms with Gasteiger partial charge in [-0.3, -0.25) is 9.59 Å². The van der Waals surface area contributed by atoms with E-state index in [0.717, 1.165) is 25.7 Å². The number of nitrogens with two attached hydrogens (primary N) is 1. The van der Waals surface area contributed by atoms with Gasteiger partial charge in [0.25, 0.3) is 0 Å². The summed E-state index contributed by atoms with van der Waals surface area (Å²) in [4.78, 5) is 27.0. The average molecular weight is 367 g/mol. The number of hydrogen-bond acceptors (Lipinski definition) is 3. The highest BCUT2D eigenvalue weighted by Crippen LogP contribution is 2.34. The van der Waals surface area contributed by atoms with Crippen molar-refractivity contribution in [3.05, 3.63) is 47.5 Å². The number of carbonyl (C=O) groups excluding carboxylic acids is 2. The molecule has 1 aliphatic heterocycles. The van der Waals surface area contributed by atoms with E-state index < -0.39 is 6.04 Å². The molecule has 5 heteroatoms. The van der Waals surface area contributed by atoms with Crippen molar-refractivity contribution in [2.75, 3.05) is 0 Å². The first-order chi connectivity index (χ1) is 13.1. The van der Waals surface area contributed by atoms with Crippen LogP contribution in [0.25, 0.3) is 0 Å². The zero-order valence-corrected chi connectivity index (χ0v) is 15.8. The normalized spacial score (nSPS) is 22.0. The molecule has 1 heterocycles. The van der Waals surface area contributed by atoms with Crippen LogP contribution in [0.5, 0.6) is 0 Å². The topological polar surface area (TPSA) is 75.4 Å². The van der Waals surface area contributed by atoms with E-state index in [0.29, 0.717) is 24.9 Å². The van der Waals surface area contributed by atoms with Crippen molar-refractivity contribution in [1.29, 1.82) is 0 Å². The second kappa shape index (κ2) is 7.85. The molecule has 2 aliphatic carbocycles. The van der Waals surface area contributed by atoms with E-state index in [-0.39, 0.29) is 17.9 Å². The van der Waals surface area contributed by atoms with Crippen LogP contribution >= 0.6 is 0 Å². The van der Waals surface area contributed by atoms with E-state index in [1.54, 1.807) is 6.08 Å². The Labute approximate surface area is 161 Å². The Bertz CT molecular complexity index is 710. The van der Waals surface area contributed by atoms with Gasteiger partial charge in [0.15, 0.2) is 0 Å². The van der Waals surface area contributed by atoms with Crippen molar-refractivity contribution in [2.24, 2.45) is 17.6 Å². The van der Waals surface area contributed by atoms with Gasteiger partial charge >= 0.3 is 0 Å². The van der Waals surface area contributed by atoms with E-state index in [2.05, 4.69) is 17.4 Å². The van der Waals surface area contributed by atoms with E-state index in [9.17, 15) is 9.59 Å². The summed E-state index contributed by atoms with van der Waals surface area (Å²) in [5.41, 5.74) is 8.62. The number of carbonyl (C=O) groups is 2. The molecule has 2 amide bonds. The molecule has 1 aromatic carbocycles. The number of rotatable bonds is 6. The number of nitrogens with one attached hydrogen (secondary N) is 1. The third-order valence-electron chi connectivity index (χ3n) is 6.25. The van der Waals surface area contributed by atoms with Gasteiger partial charge in [-0.25, -0.2) is 0 Å². The predicted octanol–water partition coefficient (Wildman–Crippen LogP) is 2.50. The maximum Gasteiger partial charge on any atom is 0.246 e. The highest BCUT2D eigenvalue weighted by molar-refractivity contribution is 5.88. The molecule has 2 atom stereocenters. The van der Waals surface area contributed by atoms with E-state index in [4.69, 9.17) is 5.73 Å². The van der Waals surface area contributed by atoms with Crippen molar-refractivity contribution in [3.8, 4) is 0 Å². The Morgan fingerprint density at radius 3 is 2.26 bits per heavy atom. The largest absolute Gasteiger partial charge is 0.348 e. The highest BCUT2D eigenvalue weighted by Gasteiger charge is 2.34. The molecular formula is C22H29N3O2. The van der Waals surface area contributed by atoms with Gasteiger partial charge in [0, 0.05) is 19.2 Å². The third-order valence-corrected chi connectivity index (χ3v) is 6.25. The third kappa shape index (κ3) is 4.24. The van der Waals surface area contributed by atoms with Crippen LogP contribution in [0.3, 0.4) is 0 Å². The molecule has 0 radical (unpaired) electrons. The number of hydrogen-bond donors (Lipinski definition) is 2. The Morgan fingerprint density at radius 1 is 1.04 bits per heavy atom. The molecule has 144 valence electrons. The molecule has 3 aliphatic rings. The predicted molar refractivity (Wildman–Crippen MR) is 104 cm³/mol. The Balaban J connectivity index is 1.34. The lowest BCUT2D eigenvalue weighted by Gasteiger charge is -2.22. The van der Waals surface area contributed by atoms with Gasteiger partial charge in [0.1, 0.15) is 0 Å². The molecule has 3 N–H and O–H groups in total. The molecule has 5 nitrogen and oxygen atoms in total. The monoisotopic (exact) mass is 367 g/mol. The summed E-state index contributed by atoms with van der Waals surface area (Å²) in [5.74, 6) is 0.679. The summed E-state index contributed by atoms with van der Waals surface area (Å²) in [6.45, 7) is 1.32. The average Bonchev–Trinajstić information content (AvgIpc) is 3.20. The van der Waals surface area contributed by atoms with Gasteiger partial charge in [0.2, 0.25) is 11.8 Å². The smallest absolute Gasteiger partial charge is 0.246 e. The number of nitrogens with zero attached hydrogens (tertiary/aromatic N) is 1. The van der Waals surface area contributed by atoms with Crippen LogP contribution in [-0.2, 0) is 22.7 Å². The van der Waals surface area contributed by atoms with Crippen LogP contribution in [0.1, 0.15) is 49.7 Å². The molecule has 0 saturated heterocycles. The summed E-state index contributed by atoms with van der Waals surface area (Å²) in [7, 11) is 0. The lowest BCUT2D eigenvalue weighted by molar-refractivity contribution is -0.127. The molecule has 27 heavy (non-hydrogen) atoms. The van der Waals surface area contributed by atoms with Crippen molar-refractivity contribution < 1.29 is 9.59 Å². The van der Waals surface area contributed by atoms with Crippen LogP contribution in [0, 0.1) is 11.8 Å². The first-order valence-electron chi connectivity index (χ1n) is 10.2. The minimum atomic E-state index is -0.425. The zero-order valence-electron chi connectivity index (χ0n) is 15.8. The molecule has 0 aromatic heterocycles. The molecule has 0 bridgehead atoms. The van der Waals surface area contributed by atoms with Gasteiger partial charge in [-0.1, -0.05) is 43.2 Å². The number of fused-ring (bicyclic) bond motifs is 1.